The lowest BCUT2D eigenvalue weighted by Gasteiger charge is -2.12. The van der Waals surface area contributed by atoms with Gasteiger partial charge in [0.15, 0.2) is 0 Å². The number of rotatable bonds is 7. The van der Waals surface area contributed by atoms with Gasteiger partial charge in [-0.2, -0.15) is 0 Å². The Balaban J connectivity index is 1.70. The van der Waals surface area contributed by atoms with Gasteiger partial charge in [-0.15, -0.1) is 0 Å². The molecule has 2 aromatic rings. The highest BCUT2D eigenvalue weighted by Crippen LogP contribution is 2.17. The summed E-state index contributed by atoms with van der Waals surface area (Å²) in [6, 6.07) is 10.5. The average Bonchev–Trinajstić information content (AvgIpc) is 2.59. The Morgan fingerprint density at radius 3 is 2.32 bits per heavy atom. The maximum atomic E-state index is 13.1. The summed E-state index contributed by atoms with van der Waals surface area (Å²) in [5.41, 5.74) is 0.633. The van der Waals surface area contributed by atoms with Crippen LogP contribution in [-0.2, 0) is 4.79 Å². The lowest BCUT2D eigenvalue weighted by molar-refractivity contribution is -0.123. The van der Waals surface area contributed by atoms with Crippen molar-refractivity contribution in [2.24, 2.45) is 0 Å². The molecule has 0 aliphatic rings. The molecule has 7 heteroatoms. The highest BCUT2D eigenvalue weighted by Gasteiger charge is 2.13. The van der Waals surface area contributed by atoms with Crippen molar-refractivity contribution >= 4 is 11.8 Å². The molecule has 132 valence electrons. The zero-order valence-electron chi connectivity index (χ0n) is 13.3. The zero-order chi connectivity index (χ0) is 18.2. The number of hydrogen-bond acceptors (Lipinski definition) is 3. The monoisotopic (exact) mass is 348 g/mol. The van der Waals surface area contributed by atoms with E-state index in [-0.39, 0.29) is 25.4 Å². The fourth-order valence-corrected chi connectivity index (χ4v) is 2.16. The van der Waals surface area contributed by atoms with Crippen molar-refractivity contribution in [3.63, 3.8) is 0 Å². The summed E-state index contributed by atoms with van der Waals surface area (Å²) in [5, 5.41) is 15.0. The number of aliphatic hydroxyl groups is 1. The van der Waals surface area contributed by atoms with Crippen molar-refractivity contribution in [1.82, 2.24) is 10.6 Å². The number of nitrogens with one attached hydrogen (secondary N) is 2. The number of carbonyl (C=O) groups is 2. The van der Waals surface area contributed by atoms with Crippen molar-refractivity contribution in [2.75, 3.05) is 13.1 Å². The molecular weight excluding hydrogens is 330 g/mol. The molecule has 0 spiro atoms. The first-order valence-corrected chi connectivity index (χ1v) is 7.69. The van der Waals surface area contributed by atoms with E-state index < -0.39 is 23.6 Å². The summed E-state index contributed by atoms with van der Waals surface area (Å²) in [4.78, 5) is 23.5. The molecule has 0 fully saturated rings. The van der Waals surface area contributed by atoms with Crippen molar-refractivity contribution in [2.45, 2.75) is 12.5 Å². The molecule has 0 aromatic heterocycles. The Morgan fingerprint density at radius 1 is 0.960 bits per heavy atom. The third-order valence-electron chi connectivity index (χ3n) is 3.45. The van der Waals surface area contributed by atoms with E-state index in [1.807, 2.05) is 0 Å². The van der Waals surface area contributed by atoms with Gasteiger partial charge in [0, 0.05) is 18.7 Å². The van der Waals surface area contributed by atoms with Crippen molar-refractivity contribution in [1.29, 1.82) is 0 Å². The van der Waals surface area contributed by atoms with Crippen LogP contribution >= 0.6 is 0 Å². The van der Waals surface area contributed by atoms with E-state index in [1.54, 1.807) is 0 Å². The van der Waals surface area contributed by atoms with Crippen LogP contribution in [0.25, 0.3) is 0 Å². The van der Waals surface area contributed by atoms with Gasteiger partial charge in [0.1, 0.15) is 11.6 Å². The molecule has 25 heavy (non-hydrogen) atoms. The highest BCUT2D eigenvalue weighted by atomic mass is 19.1. The van der Waals surface area contributed by atoms with Crippen molar-refractivity contribution < 1.29 is 23.5 Å². The third kappa shape index (κ3) is 5.96. The Hall–Kier alpha value is -2.80. The lowest BCUT2D eigenvalue weighted by atomic mass is 10.1. The SMILES string of the molecule is O=C(CC(O)c1cccc(F)c1)NCCNC(=O)c1ccc(F)cc1. The Kier molecular flexibility index (Phi) is 6.59. The van der Waals surface area contributed by atoms with Crippen molar-refractivity contribution in [3.05, 3.63) is 71.3 Å². The second kappa shape index (κ2) is 8.89. The zero-order valence-corrected chi connectivity index (χ0v) is 13.3. The Labute approximate surface area is 143 Å². The van der Waals surface area contributed by atoms with E-state index in [1.165, 1.54) is 48.5 Å². The van der Waals surface area contributed by atoms with Gasteiger partial charge in [0.2, 0.25) is 5.91 Å². The summed E-state index contributed by atoms with van der Waals surface area (Å²) in [6.45, 7) is 0.347. The van der Waals surface area contributed by atoms with Crippen LogP contribution in [0.5, 0.6) is 0 Å². The topological polar surface area (TPSA) is 78.4 Å². The summed E-state index contributed by atoms with van der Waals surface area (Å²) in [7, 11) is 0. The quantitative estimate of drug-likeness (QED) is 0.669. The number of halogens is 2. The van der Waals surface area contributed by atoms with Crippen LogP contribution in [0.1, 0.15) is 28.4 Å². The maximum absolute atomic E-state index is 13.1. The van der Waals surface area contributed by atoms with Gasteiger partial charge in [0.05, 0.1) is 12.5 Å². The Morgan fingerprint density at radius 2 is 1.64 bits per heavy atom. The van der Waals surface area contributed by atoms with Crippen LogP contribution in [-0.4, -0.2) is 30.0 Å². The van der Waals surface area contributed by atoms with Crippen LogP contribution in [0.15, 0.2) is 48.5 Å². The molecule has 0 saturated carbocycles. The Bertz CT molecular complexity index is 735. The summed E-state index contributed by atoms with van der Waals surface area (Å²) < 4.78 is 25.9. The standard InChI is InChI=1S/C18H18F2N2O3/c19-14-6-4-12(5-7-14)18(25)22-9-8-21-17(24)11-16(23)13-2-1-3-15(20)10-13/h1-7,10,16,23H,8-9,11H2,(H,21,24)(H,22,25). The molecule has 5 nitrogen and oxygen atoms in total. The number of aliphatic hydroxyl groups excluding tert-OH is 1. The van der Waals surface area contributed by atoms with Gasteiger partial charge in [0.25, 0.3) is 5.91 Å². The minimum absolute atomic E-state index is 0.168. The van der Waals surface area contributed by atoms with Gasteiger partial charge in [-0.1, -0.05) is 12.1 Å². The van der Waals surface area contributed by atoms with E-state index in [0.717, 1.165) is 0 Å². The first kappa shape index (κ1) is 18.5. The molecule has 0 radical (unpaired) electrons. The van der Waals surface area contributed by atoms with Crippen LogP contribution in [0.2, 0.25) is 0 Å². The van der Waals surface area contributed by atoms with Crippen LogP contribution in [0, 0.1) is 11.6 Å². The molecule has 0 heterocycles. The molecule has 0 aliphatic heterocycles. The van der Waals surface area contributed by atoms with Gasteiger partial charge >= 0.3 is 0 Å². The predicted molar refractivity (Wildman–Crippen MR) is 87.7 cm³/mol. The molecule has 2 amide bonds. The second-order valence-corrected chi connectivity index (χ2v) is 5.39. The van der Waals surface area contributed by atoms with Gasteiger partial charge in [-0.3, -0.25) is 9.59 Å². The summed E-state index contributed by atoms with van der Waals surface area (Å²) in [6.07, 6.45) is -1.32. The van der Waals surface area contributed by atoms with Crippen LogP contribution < -0.4 is 10.6 Å². The smallest absolute Gasteiger partial charge is 0.251 e. The molecule has 0 bridgehead atoms. The minimum atomic E-state index is -1.11. The van der Waals surface area contributed by atoms with Gasteiger partial charge in [-0.05, 0) is 42.0 Å². The number of hydrogen-bond donors (Lipinski definition) is 3. The first-order valence-electron chi connectivity index (χ1n) is 7.69. The summed E-state index contributed by atoms with van der Waals surface area (Å²) >= 11 is 0. The normalized spacial score (nSPS) is 11.6. The molecule has 1 unspecified atom stereocenters. The van der Waals surface area contributed by atoms with Crippen LogP contribution in [0.4, 0.5) is 8.78 Å². The van der Waals surface area contributed by atoms with Gasteiger partial charge < -0.3 is 15.7 Å². The third-order valence-corrected chi connectivity index (χ3v) is 3.45. The molecule has 1 atom stereocenters. The predicted octanol–water partition coefficient (Wildman–Crippen LogP) is 1.93. The van der Waals surface area contributed by atoms with Crippen LogP contribution in [0.3, 0.4) is 0 Å². The summed E-state index contributed by atoms with van der Waals surface area (Å²) in [5.74, 6) is -1.72. The highest BCUT2D eigenvalue weighted by molar-refractivity contribution is 5.94. The number of carbonyl (C=O) groups excluding carboxylic acids is 2. The van der Waals surface area contributed by atoms with E-state index in [4.69, 9.17) is 0 Å². The van der Waals surface area contributed by atoms with E-state index in [0.29, 0.717) is 11.1 Å². The fraction of sp³-hybridized carbons (Fsp3) is 0.222. The number of amides is 2. The first-order chi connectivity index (χ1) is 12.0. The van der Waals surface area contributed by atoms with E-state index in [2.05, 4.69) is 10.6 Å². The molecule has 2 aromatic carbocycles. The van der Waals surface area contributed by atoms with E-state index in [9.17, 15) is 23.5 Å². The number of benzene rings is 2. The second-order valence-electron chi connectivity index (χ2n) is 5.39. The molecule has 2 rings (SSSR count). The average molecular weight is 348 g/mol. The maximum Gasteiger partial charge on any atom is 0.251 e. The molecular formula is C18H18F2N2O3. The van der Waals surface area contributed by atoms with Crippen molar-refractivity contribution in [3.8, 4) is 0 Å². The fourth-order valence-electron chi connectivity index (χ4n) is 2.16. The molecule has 0 aliphatic carbocycles. The van der Waals surface area contributed by atoms with Gasteiger partial charge in [-0.25, -0.2) is 8.78 Å². The van der Waals surface area contributed by atoms with E-state index >= 15 is 0 Å². The lowest BCUT2D eigenvalue weighted by Crippen LogP contribution is -2.35. The largest absolute Gasteiger partial charge is 0.388 e. The molecule has 3 N–H and O–H groups in total. The minimum Gasteiger partial charge on any atom is -0.388 e. The molecule has 0 saturated heterocycles.